The van der Waals surface area contributed by atoms with Gasteiger partial charge in [-0.05, 0) is 25.4 Å². The van der Waals surface area contributed by atoms with Crippen LogP contribution in [-0.4, -0.2) is 47.7 Å². The molecule has 2 atom stereocenters. The average molecular weight is 429 g/mol. The second kappa shape index (κ2) is 10.4. The van der Waals surface area contributed by atoms with E-state index in [1.54, 1.807) is 12.2 Å². The van der Waals surface area contributed by atoms with Crippen molar-refractivity contribution < 1.29 is 9.59 Å². The summed E-state index contributed by atoms with van der Waals surface area (Å²) in [7, 11) is 0. The van der Waals surface area contributed by atoms with Crippen molar-refractivity contribution in [1.29, 1.82) is 0 Å². The van der Waals surface area contributed by atoms with Crippen molar-refractivity contribution in [3.8, 4) is 0 Å². The van der Waals surface area contributed by atoms with Gasteiger partial charge in [-0.25, -0.2) is 0 Å². The fraction of sp³-hybridized carbons (Fsp3) is 0.667. The number of nitrogens with one attached hydrogen (secondary N) is 6. The van der Waals surface area contributed by atoms with Gasteiger partial charge in [-0.2, -0.15) is 0 Å². The predicted molar refractivity (Wildman–Crippen MR) is 117 cm³/mol. The third-order valence-electron chi connectivity index (χ3n) is 4.41. The van der Waals surface area contributed by atoms with Crippen LogP contribution in [0.2, 0.25) is 0 Å². The van der Waals surface area contributed by atoms with Crippen LogP contribution in [0.3, 0.4) is 0 Å². The Morgan fingerprint density at radius 1 is 0.786 bits per heavy atom. The monoisotopic (exact) mass is 428 g/mol. The Hall–Kier alpha value is -1.36. The largest absolute Gasteiger partial charge is 0.345 e. The number of amides is 2. The standard InChI is InChI=1S/C18H32N6O2S2/c1-5-7-13-11-15(25)23-17(21-13,27-3)19-9-10-20-18(28-4)22-14(8-6-2)12-16(26)24-18/h11-12,19-22H,5-10H2,1-4H3,(H,23,25)(H,24,26)/t17-,18-/m0/s1. The van der Waals surface area contributed by atoms with Crippen LogP contribution in [0.1, 0.15) is 39.5 Å². The van der Waals surface area contributed by atoms with Gasteiger partial charge in [-0.15, -0.1) is 0 Å². The molecule has 2 rings (SSSR count). The van der Waals surface area contributed by atoms with Gasteiger partial charge >= 0.3 is 0 Å². The molecule has 0 bridgehead atoms. The van der Waals surface area contributed by atoms with Gasteiger partial charge in [0.2, 0.25) is 22.1 Å². The van der Waals surface area contributed by atoms with Crippen LogP contribution in [0.25, 0.3) is 0 Å². The Bertz CT molecular complexity index is 588. The Kier molecular flexibility index (Phi) is 8.54. The lowest BCUT2D eigenvalue weighted by Crippen LogP contribution is -2.70. The SMILES string of the molecule is CCCC1=CC(=O)N[C@@](NCCN[C@@]2(SC)NC(=O)C=C(CCC)N2)(SC)N1. The molecule has 6 N–H and O–H groups in total. The first kappa shape index (κ1) is 22.9. The van der Waals surface area contributed by atoms with Gasteiger partial charge < -0.3 is 21.3 Å². The quantitative estimate of drug-likeness (QED) is 0.213. The molecule has 28 heavy (non-hydrogen) atoms. The molecule has 158 valence electrons. The highest BCUT2D eigenvalue weighted by molar-refractivity contribution is 8.00. The number of hydrogen-bond acceptors (Lipinski definition) is 8. The molecule has 0 saturated heterocycles. The molecule has 0 unspecified atom stereocenters. The zero-order valence-electron chi connectivity index (χ0n) is 17.0. The Morgan fingerprint density at radius 3 is 1.50 bits per heavy atom. The highest BCUT2D eigenvalue weighted by Crippen LogP contribution is 2.21. The molecule has 0 aromatic heterocycles. The second-order valence-electron chi connectivity index (χ2n) is 6.69. The first-order chi connectivity index (χ1) is 13.4. The lowest BCUT2D eigenvalue weighted by molar-refractivity contribution is -0.119. The summed E-state index contributed by atoms with van der Waals surface area (Å²) in [6, 6.07) is 0. The van der Waals surface area contributed by atoms with E-state index in [4.69, 9.17) is 0 Å². The van der Waals surface area contributed by atoms with Gasteiger partial charge in [0.25, 0.3) is 0 Å². The first-order valence-corrected chi connectivity index (χ1v) is 12.1. The molecule has 0 aliphatic carbocycles. The van der Waals surface area contributed by atoms with Crippen LogP contribution < -0.4 is 31.9 Å². The van der Waals surface area contributed by atoms with E-state index < -0.39 is 10.2 Å². The van der Waals surface area contributed by atoms with Crippen molar-refractivity contribution in [2.24, 2.45) is 0 Å². The zero-order chi connectivity index (χ0) is 20.6. The summed E-state index contributed by atoms with van der Waals surface area (Å²) in [5, 5.41) is 18.0. The van der Waals surface area contributed by atoms with Crippen molar-refractivity contribution in [3.05, 3.63) is 23.5 Å². The minimum Gasteiger partial charge on any atom is -0.345 e. The fourth-order valence-corrected chi connectivity index (χ4v) is 4.50. The van der Waals surface area contributed by atoms with Crippen LogP contribution in [0.5, 0.6) is 0 Å². The van der Waals surface area contributed by atoms with Crippen molar-refractivity contribution in [3.63, 3.8) is 0 Å². The Labute approximate surface area is 175 Å². The molecule has 0 fully saturated rings. The van der Waals surface area contributed by atoms with Gasteiger partial charge in [-0.3, -0.25) is 20.2 Å². The lowest BCUT2D eigenvalue weighted by atomic mass is 10.2. The van der Waals surface area contributed by atoms with Gasteiger partial charge in [0.15, 0.2) is 0 Å². The van der Waals surface area contributed by atoms with E-state index >= 15 is 0 Å². The molecule has 2 aliphatic rings. The third-order valence-corrected chi connectivity index (χ3v) is 6.33. The minimum atomic E-state index is -0.735. The zero-order valence-corrected chi connectivity index (χ0v) is 18.7. The summed E-state index contributed by atoms with van der Waals surface area (Å²) in [4.78, 5) is 24.1. The van der Waals surface area contributed by atoms with Crippen molar-refractivity contribution >= 4 is 35.3 Å². The molecule has 0 saturated carbocycles. The third kappa shape index (κ3) is 6.07. The normalized spacial score (nSPS) is 27.1. The molecule has 0 radical (unpaired) electrons. The summed E-state index contributed by atoms with van der Waals surface area (Å²) < 4.78 is 0. The van der Waals surface area contributed by atoms with Crippen LogP contribution in [0, 0.1) is 0 Å². The number of thioether (sulfide) groups is 2. The number of carbonyl (C=O) groups is 2. The van der Waals surface area contributed by atoms with Gasteiger partial charge in [0.05, 0.1) is 0 Å². The molecule has 0 aromatic rings. The molecule has 0 aromatic carbocycles. The van der Waals surface area contributed by atoms with Gasteiger partial charge in [-0.1, -0.05) is 50.2 Å². The smallest absolute Gasteiger partial charge is 0.249 e. The number of allylic oxidation sites excluding steroid dienone is 2. The summed E-state index contributed by atoms with van der Waals surface area (Å²) in [6.45, 7) is 5.34. The maximum absolute atomic E-state index is 12.1. The van der Waals surface area contributed by atoms with E-state index in [0.29, 0.717) is 13.1 Å². The van der Waals surface area contributed by atoms with E-state index in [0.717, 1.165) is 37.1 Å². The van der Waals surface area contributed by atoms with Crippen molar-refractivity contribution in [1.82, 2.24) is 31.9 Å². The van der Waals surface area contributed by atoms with Crippen LogP contribution in [0.15, 0.2) is 23.5 Å². The maximum Gasteiger partial charge on any atom is 0.249 e. The van der Waals surface area contributed by atoms with Gasteiger partial charge in [0.1, 0.15) is 0 Å². The summed E-state index contributed by atoms with van der Waals surface area (Å²) in [6.07, 6.45) is 10.7. The highest BCUT2D eigenvalue weighted by atomic mass is 32.2. The molecular formula is C18H32N6O2S2. The molecular weight excluding hydrogens is 396 g/mol. The Balaban J connectivity index is 1.93. The Morgan fingerprint density at radius 2 is 1.18 bits per heavy atom. The first-order valence-electron chi connectivity index (χ1n) is 9.62. The summed E-state index contributed by atoms with van der Waals surface area (Å²) in [5.41, 5.74) is 1.86. The van der Waals surface area contributed by atoms with Gasteiger partial charge in [0, 0.05) is 36.6 Å². The molecule has 10 heteroatoms. The second-order valence-corrected chi connectivity index (χ2v) is 8.73. The average Bonchev–Trinajstić information content (AvgIpc) is 2.65. The van der Waals surface area contributed by atoms with Crippen LogP contribution in [-0.2, 0) is 9.59 Å². The van der Waals surface area contributed by atoms with E-state index in [2.05, 4.69) is 45.7 Å². The number of carbonyl (C=O) groups excluding carboxylic acids is 2. The predicted octanol–water partition coefficient (Wildman–Crippen LogP) is 0.921. The highest BCUT2D eigenvalue weighted by Gasteiger charge is 2.36. The van der Waals surface area contributed by atoms with E-state index in [1.807, 2.05) is 12.5 Å². The van der Waals surface area contributed by atoms with E-state index in [9.17, 15) is 9.59 Å². The van der Waals surface area contributed by atoms with Crippen molar-refractivity contribution in [2.75, 3.05) is 25.6 Å². The molecule has 0 spiro atoms. The molecule has 2 amide bonds. The van der Waals surface area contributed by atoms with E-state index in [1.165, 1.54) is 23.5 Å². The molecule has 2 heterocycles. The fourth-order valence-electron chi connectivity index (χ4n) is 3.13. The number of hydrogen-bond donors (Lipinski definition) is 6. The minimum absolute atomic E-state index is 0.104. The summed E-state index contributed by atoms with van der Waals surface area (Å²) >= 11 is 3.00. The summed E-state index contributed by atoms with van der Waals surface area (Å²) in [5.74, 6) is -0.207. The van der Waals surface area contributed by atoms with Crippen LogP contribution >= 0.6 is 23.5 Å². The molecule has 2 aliphatic heterocycles. The molecule has 8 nitrogen and oxygen atoms in total. The van der Waals surface area contributed by atoms with Crippen LogP contribution in [0.4, 0.5) is 0 Å². The van der Waals surface area contributed by atoms with E-state index in [-0.39, 0.29) is 11.8 Å². The van der Waals surface area contributed by atoms with Crippen molar-refractivity contribution in [2.45, 2.75) is 49.8 Å². The maximum atomic E-state index is 12.1. The number of rotatable bonds is 11. The lowest BCUT2D eigenvalue weighted by Gasteiger charge is -2.41. The topological polar surface area (TPSA) is 106 Å².